The Morgan fingerprint density at radius 2 is 2.00 bits per heavy atom. The van der Waals surface area contributed by atoms with Crippen molar-refractivity contribution in [2.75, 3.05) is 0 Å². The maximum atomic E-state index is 2.26. The first kappa shape index (κ1) is 8.16. The van der Waals surface area contributed by atoms with Crippen LogP contribution in [0.1, 0.15) is 24.0 Å². The Morgan fingerprint density at radius 1 is 1.20 bits per heavy atom. The smallest absolute Gasteiger partial charge is 0.210 e. The van der Waals surface area contributed by atoms with Crippen molar-refractivity contribution in [3.63, 3.8) is 0 Å². The van der Waals surface area contributed by atoms with Crippen molar-refractivity contribution >= 4 is 0 Å². The molecule has 0 saturated heterocycles. The van der Waals surface area contributed by atoms with E-state index in [0.29, 0.717) is 0 Å². The van der Waals surface area contributed by atoms with Crippen molar-refractivity contribution in [3.05, 3.63) is 29.3 Å². The molecule has 1 aliphatic rings. The zero-order chi connectivity index (χ0) is 6.10. The van der Waals surface area contributed by atoms with Gasteiger partial charge in [0.15, 0.2) is 0 Å². The van der Waals surface area contributed by atoms with Crippen LogP contribution in [0.5, 0.6) is 0 Å². The van der Waals surface area contributed by atoms with E-state index in [-0.39, 0.29) is 21.7 Å². The van der Waals surface area contributed by atoms with E-state index in [2.05, 4.69) is 18.2 Å². The molecule has 1 heteroatoms. The monoisotopic (exact) mass is 167 g/mol. The van der Waals surface area contributed by atoms with Crippen molar-refractivity contribution in [1.29, 1.82) is 0 Å². The Morgan fingerprint density at radius 3 is 2.80 bits per heavy atom. The van der Waals surface area contributed by atoms with Crippen LogP contribution in [-0.2, 0) is 34.6 Å². The Labute approximate surface area is 76.9 Å². The zero-order valence-corrected chi connectivity index (χ0v) is 7.62. The summed E-state index contributed by atoms with van der Waals surface area (Å²) in [7, 11) is 0. The molecular formula is C9H11Ti+3. The molecule has 48 valence electrons. The third-order valence-corrected chi connectivity index (χ3v) is 2.15. The van der Waals surface area contributed by atoms with E-state index in [1.165, 1.54) is 25.7 Å². The van der Waals surface area contributed by atoms with Gasteiger partial charge in [0, 0.05) is 0 Å². The molecule has 2 rings (SSSR count). The normalized spacial score (nSPS) is 15.6. The summed E-state index contributed by atoms with van der Waals surface area (Å²) in [6.07, 6.45) is 5.44. The number of rotatable bonds is 0. The van der Waals surface area contributed by atoms with Gasteiger partial charge in [-0.1, -0.05) is 25.7 Å². The van der Waals surface area contributed by atoms with E-state index in [4.69, 9.17) is 0 Å². The number of aryl methyl sites for hydroxylation is 2. The van der Waals surface area contributed by atoms with E-state index in [0.717, 1.165) is 0 Å². The SMILES string of the molecule is [Ti+4].c1cc2c([cH-]1)CCCC2. The maximum Gasteiger partial charge on any atom is 4.00 e. The molecule has 0 bridgehead atoms. The van der Waals surface area contributed by atoms with Crippen LogP contribution in [0.3, 0.4) is 0 Å². The van der Waals surface area contributed by atoms with E-state index >= 15 is 0 Å². The Hall–Kier alpha value is 0.0643. The number of hydrogen-bond acceptors (Lipinski definition) is 0. The van der Waals surface area contributed by atoms with Crippen LogP contribution < -0.4 is 0 Å². The van der Waals surface area contributed by atoms with Gasteiger partial charge in [0.1, 0.15) is 0 Å². The minimum absolute atomic E-state index is 0. The van der Waals surface area contributed by atoms with Crippen LogP contribution in [-0.4, -0.2) is 0 Å². The van der Waals surface area contributed by atoms with Gasteiger partial charge in [0.2, 0.25) is 0 Å². The molecule has 1 aromatic carbocycles. The Kier molecular flexibility index (Phi) is 2.82. The molecule has 0 nitrogen and oxygen atoms in total. The van der Waals surface area contributed by atoms with Gasteiger partial charge in [-0.2, -0.15) is 23.3 Å². The van der Waals surface area contributed by atoms with E-state index in [9.17, 15) is 0 Å². The van der Waals surface area contributed by atoms with E-state index in [1.54, 1.807) is 11.1 Å². The van der Waals surface area contributed by atoms with Crippen LogP contribution in [0.15, 0.2) is 18.2 Å². The fourth-order valence-electron chi connectivity index (χ4n) is 1.61. The topological polar surface area (TPSA) is 0 Å². The molecule has 0 unspecified atom stereocenters. The molecular weight excluding hydrogens is 156 g/mol. The molecule has 0 radical (unpaired) electrons. The average Bonchev–Trinajstić information content (AvgIpc) is 2.33. The van der Waals surface area contributed by atoms with Gasteiger partial charge in [0.25, 0.3) is 0 Å². The largest absolute Gasteiger partial charge is 4.00 e. The van der Waals surface area contributed by atoms with Gasteiger partial charge in [-0.25, -0.2) is 6.07 Å². The van der Waals surface area contributed by atoms with Crippen molar-refractivity contribution in [1.82, 2.24) is 0 Å². The molecule has 0 fully saturated rings. The van der Waals surface area contributed by atoms with E-state index < -0.39 is 0 Å². The van der Waals surface area contributed by atoms with Gasteiger partial charge in [0.05, 0.1) is 0 Å². The van der Waals surface area contributed by atoms with E-state index in [1.807, 2.05) is 0 Å². The van der Waals surface area contributed by atoms with Crippen LogP contribution in [0.2, 0.25) is 0 Å². The second-order valence-electron chi connectivity index (χ2n) is 2.78. The summed E-state index contributed by atoms with van der Waals surface area (Å²) in [5.41, 5.74) is 3.20. The first-order valence-corrected chi connectivity index (χ1v) is 3.70. The quantitative estimate of drug-likeness (QED) is 0.410. The fourth-order valence-corrected chi connectivity index (χ4v) is 1.61. The van der Waals surface area contributed by atoms with Crippen molar-refractivity contribution < 1.29 is 21.7 Å². The minimum Gasteiger partial charge on any atom is -0.210 e. The molecule has 10 heavy (non-hydrogen) atoms. The summed E-state index contributed by atoms with van der Waals surface area (Å²) >= 11 is 0. The summed E-state index contributed by atoms with van der Waals surface area (Å²) in [5, 5.41) is 0. The van der Waals surface area contributed by atoms with Gasteiger partial charge in [-0.05, 0) is 0 Å². The molecule has 0 aromatic heterocycles. The van der Waals surface area contributed by atoms with Crippen LogP contribution >= 0.6 is 0 Å². The summed E-state index contributed by atoms with van der Waals surface area (Å²) in [5.74, 6) is 0. The van der Waals surface area contributed by atoms with Gasteiger partial charge < -0.3 is 0 Å². The second kappa shape index (κ2) is 3.45. The zero-order valence-electron chi connectivity index (χ0n) is 6.06. The molecule has 0 saturated carbocycles. The predicted octanol–water partition coefficient (Wildman–Crippen LogP) is 2.28. The average molecular weight is 167 g/mol. The molecule has 0 spiro atoms. The third kappa shape index (κ3) is 1.38. The Bertz CT molecular complexity index is 180. The maximum absolute atomic E-state index is 2.26. The molecule has 0 amide bonds. The van der Waals surface area contributed by atoms with Crippen molar-refractivity contribution in [3.8, 4) is 0 Å². The second-order valence-corrected chi connectivity index (χ2v) is 2.78. The summed E-state index contributed by atoms with van der Waals surface area (Å²) in [6.45, 7) is 0. The first-order valence-electron chi connectivity index (χ1n) is 3.70. The third-order valence-electron chi connectivity index (χ3n) is 2.15. The summed E-state index contributed by atoms with van der Waals surface area (Å²) in [6, 6.07) is 6.69. The van der Waals surface area contributed by atoms with Crippen molar-refractivity contribution in [2.45, 2.75) is 25.7 Å². The molecule has 0 heterocycles. The molecule has 1 aromatic rings. The minimum atomic E-state index is 0. The van der Waals surface area contributed by atoms with Crippen LogP contribution in [0, 0.1) is 0 Å². The first-order chi connectivity index (χ1) is 4.47. The summed E-state index contributed by atoms with van der Waals surface area (Å²) in [4.78, 5) is 0. The van der Waals surface area contributed by atoms with Crippen molar-refractivity contribution in [2.24, 2.45) is 0 Å². The standard InChI is InChI=1S/C9H11.Ti/c1-2-5-9-7-3-6-8(9)4-1;/h3,6-7H,1-2,4-5H2;/q-1;+4. The van der Waals surface area contributed by atoms with Crippen LogP contribution in [0.4, 0.5) is 0 Å². The number of hydrogen-bond donors (Lipinski definition) is 0. The predicted molar refractivity (Wildman–Crippen MR) is 38.7 cm³/mol. The molecule has 0 atom stereocenters. The van der Waals surface area contributed by atoms with Crippen LogP contribution in [0.25, 0.3) is 0 Å². The molecule has 0 aliphatic heterocycles. The van der Waals surface area contributed by atoms with Gasteiger partial charge in [-0.3, -0.25) is 0 Å². The Balaban J connectivity index is 0.000000500. The molecule has 1 aliphatic carbocycles. The fraction of sp³-hybridized carbons (Fsp3) is 0.444. The molecule has 0 N–H and O–H groups in total. The summed E-state index contributed by atoms with van der Waals surface area (Å²) < 4.78 is 0. The van der Waals surface area contributed by atoms with Gasteiger partial charge in [-0.15, -0.1) is 0 Å². The van der Waals surface area contributed by atoms with Gasteiger partial charge >= 0.3 is 21.7 Å². The number of fused-ring (bicyclic) bond motifs is 1.